The van der Waals surface area contributed by atoms with Crippen molar-refractivity contribution >= 4 is 11.9 Å². The van der Waals surface area contributed by atoms with E-state index in [1.165, 1.54) is 20.0 Å². The predicted octanol–water partition coefficient (Wildman–Crippen LogP) is 3.01. The number of quaternary nitrogens is 1. The van der Waals surface area contributed by atoms with Gasteiger partial charge in [0.05, 0.1) is 7.11 Å². The lowest BCUT2D eigenvalue weighted by Gasteiger charge is -2.34. The van der Waals surface area contributed by atoms with Crippen LogP contribution in [0.3, 0.4) is 0 Å². The number of aliphatic hydroxyl groups is 1. The molecule has 1 aromatic carbocycles. The van der Waals surface area contributed by atoms with Gasteiger partial charge in [-0.3, -0.25) is 4.84 Å². The molecule has 2 fully saturated rings. The number of rotatable bonds is 6. The van der Waals surface area contributed by atoms with E-state index in [1.807, 2.05) is 18.2 Å². The molecule has 2 atom stereocenters. The Bertz CT molecular complexity index is 677. The first-order valence-electron chi connectivity index (χ1n) is 9.93. The van der Waals surface area contributed by atoms with E-state index < -0.39 is 24.1 Å². The molecule has 1 N–H and O–H groups in total. The van der Waals surface area contributed by atoms with Gasteiger partial charge in [0.15, 0.2) is 6.10 Å². The predicted molar refractivity (Wildman–Crippen MR) is 99.4 cm³/mol. The van der Waals surface area contributed by atoms with Gasteiger partial charge in [0.2, 0.25) is 6.04 Å². The minimum Gasteiger partial charge on any atom is -0.465 e. The Labute approximate surface area is 160 Å². The fourth-order valence-corrected chi connectivity index (χ4v) is 4.52. The number of hydroxylamine groups is 3. The Hall–Kier alpha value is -1.92. The standard InChI is InChI=1S/C21H30NO5/c1-15(20(24)26-2)22(13-7-8-14-22)27-21(25)19(23)18-12-6-5-11-17(18)16-9-3-4-10-16/h5-6,11-12,15-16,19,23H,3-4,7-10,13-14H2,1-2H3/q+1/t15-,19-/m1/s1. The number of likely N-dealkylation sites (tertiary alicyclic amines) is 1. The molecule has 27 heavy (non-hydrogen) atoms. The minimum atomic E-state index is -1.35. The third-order valence-corrected chi connectivity index (χ3v) is 6.15. The molecule has 6 nitrogen and oxygen atoms in total. The largest absolute Gasteiger partial charge is 0.465 e. The van der Waals surface area contributed by atoms with Gasteiger partial charge >= 0.3 is 11.9 Å². The number of hydrogen-bond donors (Lipinski definition) is 1. The molecule has 2 aliphatic rings. The molecule has 0 bridgehead atoms. The Balaban J connectivity index is 1.80. The smallest absolute Gasteiger partial charge is 0.399 e. The number of nitrogens with zero attached hydrogens (tertiary/aromatic N) is 1. The molecule has 0 unspecified atom stereocenters. The van der Waals surface area contributed by atoms with E-state index in [4.69, 9.17) is 9.57 Å². The van der Waals surface area contributed by atoms with Crippen LogP contribution in [-0.2, 0) is 19.2 Å². The summed E-state index contributed by atoms with van der Waals surface area (Å²) < 4.78 is 4.75. The molecule has 6 heteroatoms. The maximum absolute atomic E-state index is 12.8. The highest BCUT2D eigenvalue weighted by molar-refractivity contribution is 5.77. The van der Waals surface area contributed by atoms with Gasteiger partial charge in [-0.05, 0) is 29.9 Å². The van der Waals surface area contributed by atoms with E-state index in [1.54, 1.807) is 13.0 Å². The summed E-state index contributed by atoms with van der Waals surface area (Å²) >= 11 is 0. The van der Waals surface area contributed by atoms with E-state index in [9.17, 15) is 14.7 Å². The average molecular weight is 376 g/mol. The molecule has 0 radical (unpaired) electrons. The summed E-state index contributed by atoms with van der Waals surface area (Å²) in [7, 11) is 1.33. The summed E-state index contributed by atoms with van der Waals surface area (Å²) in [4.78, 5) is 30.7. The second-order valence-corrected chi connectivity index (χ2v) is 7.73. The van der Waals surface area contributed by atoms with Gasteiger partial charge in [-0.2, -0.15) is 0 Å². The van der Waals surface area contributed by atoms with Crippen LogP contribution in [-0.4, -0.2) is 47.9 Å². The quantitative estimate of drug-likeness (QED) is 0.610. The highest BCUT2D eigenvalue weighted by Gasteiger charge is 2.48. The van der Waals surface area contributed by atoms with Gasteiger partial charge in [-0.25, -0.2) is 9.59 Å². The number of benzene rings is 1. The molecule has 1 saturated heterocycles. The zero-order valence-corrected chi connectivity index (χ0v) is 16.2. The van der Waals surface area contributed by atoms with Crippen molar-refractivity contribution in [1.82, 2.24) is 0 Å². The second-order valence-electron chi connectivity index (χ2n) is 7.73. The zero-order valence-electron chi connectivity index (χ0n) is 16.2. The normalized spacial score (nSPS) is 21.6. The molecule has 0 amide bonds. The number of hydrogen-bond acceptors (Lipinski definition) is 5. The van der Waals surface area contributed by atoms with Crippen LogP contribution in [0.5, 0.6) is 0 Å². The highest BCUT2D eigenvalue weighted by atomic mass is 16.8. The van der Waals surface area contributed by atoms with E-state index in [0.717, 1.165) is 31.2 Å². The monoisotopic (exact) mass is 376 g/mol. The van der Waals surface area contributed by atoms with E-state index in [-0.39, 0.29) is 4.65 Å². The summed E-state index contributed by atoms with van der Waals surface area (Å²) in [6.45, 7) is 2.82. The Morgan fingerprint density at radius 3 is 2.33 bits per heavy atom. The Morgan fingerprint density at radius 1 is 1.07 bits per heavy atom. The van der Waals surface area contributed by atoms with Crippen molar-refractivity contribution < 1.29 is 28.9 Å². The SMILES string of the molecule is COC(=O)[C@@H](C)[N+]1(OC(=O)[C@H](O)c2ccccc2C2CCCC2)CCCC1. The number of ether oxygens (including phenoxy) is 1. The van der Waals surface area contributed by atoms with Crippen LogP contribution in [0.1, 0.15) is 68.6 Å². The fraction of sp³-hybridized carbons (Fsp3) is 0.619. The zero-order chi connectivity index (χ0) is 19.4. The van der Waals surface area contributed by atoms with Crippen molar-refractivity contribution in [2.75, 3.05) is 20.2 Å². The number of carbonyl (C=O) groups is 2. The molecular weight excluding hydrogens is 346 g/mol. The molecule has 1 aliphatic heterocycles. The first-order chi connectivity index (χ1) is 13.0. The van der Waals surface area contributed by atoms with Gasteiger partial charge in [0.1, 0.15) is 13.1 Å². The lowest BCUT2D eigenvalue weighted by atomic mass is 9.90. The molecule has 1 aliphatic carbocycles. The Kier molecular flexibility index (Phi) is 6.17. The number of aliphatic hydroxyl groups excluding tert-OH is 1. The topological polar surface area (TPSA) is 72.8 Å². The summed E-state index contributed by atoms with van der Waals surface area (Å²) in [5.41, 5.74) is 1.66. The van der Waals surface area contributed by atoms with Crippen LogP contribution in [0.2, 0.25) is 0 Å². The summed E-state index contributed by atoms with van der Waals surface area (Å²) in [6, 6.07) is 6.97. The van der Waals surface area contributed by atoms with Crippen LogP contribution < -0.4 is 0 Å². The molecule has 0 aromatic heterocycles. The lowest BCUT2D eigenvalue weighted by Crippen LogP contribution is -2.57. The molecule has 1 heterocycles. The van der Waals surface area contributed by atoms with Gasteiger partial charge in [-0.15, -0.1) is 4.65 Å². The van der Waals surface area contributed by atoms with Crippen LogP contribution >= 0.6 is 0 Å². The lowest BCUT2D eigenvalue weighted by molar-refractivity contribution is -1.09. The van der Waals surface area contributed by atoms with Crippen molar-refractivity contribution in [1.29, 1.82) is 0 Å². The molecule has 0 spiro atoms. The molecule has 148 valence electrons. The average Bonchev–Trinajstić information content (AvgIpc) is 3.39. The van der Waals surface area contributed by atoms with Crippen molar-refractivity contribution in [3.8, 4) is 0 Å². The van der Waals surface area contributed by atoms with E-state index in [0.29, 0.717) is 24.6 Å². The first-order valence-corrected chi connectivity index (χ1v) is 9.93. The summed E-state index contributed by atoms with van der Waals surface area (Å²) in [5.74, 6) is -0.726. The van der Waals surface area contributed by atoms with E-state index >= 15 is 0 Å². The third-order valence-electron chi connectivity index (χ3n) is 6.15. The molecule has 1 aromatic rings. The first kappa shape index (κ1) is 19.8. The summed E-state index contributed by atoms with van der Waals surface area (Å²) in [6.07, 6.45) is 4.90. The molecule has 3 rings (SSSR count). The van der Waals surface area contributed by atoms with Crippen molar-refractivity contribution in [3.63, 3.8) is 0 Å². The molecular formula is C21H30NO5+. The van der Waals surface area contributed by atoms with Crippen LogP contribution in [0.4, 0.5) is 0 Å². The van der Waals surface area contributed by atoms with E-state index in [2.05, 4.69) is 0 Å². The van der Waals surface area contributed by atoms with Crippen molar-refractivity contribution in [3.05, 3.63) is 35.4 Å². The Morgan fingerprint density at radius 2 is 1.70 bits per heavy atom. The van der Waals surface area contributed by atoms with Crippen LogP contribution in [0.15, 0.2) is 24.3 Å². The van der Waals surface area contributed by atoms with Crippen LogP contribution in [0, 0.1) is 0 Å². The van der Waals surface area contributed by atoms with Gasteiger partial charge in [-0.1, -0.05) is 37.1 Å². The number of esters is 1. The second kappa shape index (κ2) is 8.40. The van der Waals surface area contributed by atoms with Crippen LogP contribution in [0.25, 0.3) is 0 Å². The van der Waals surface area contributed by atoms with Gasteiger partial charge in [0, 0.05) is 19.8 Å². The highest BCUT2D eigenvalue weighted by Crippen LogP contribution is 2.38. The fourth-order valence-electron chi connectivity index (χ4n) is 4.52. The molecule has 1 saturated carbocycles. The number of carbonyl (C=O) groups excluding carboxylic acids is 2. The maximum Gasteiger partial charge on any atom is 0.399 e. The van der Waals surface area contributed by atoms with Gasteiger partial charge < -0.3 is 9.84 Å². The van der Waals surface area contributed by atoms with Gasteiger partial charge in [0.25, 0.3) is 0 Å². The summed E-state index contributed by atoms with van der Waals surface area (Å²) in [5, 5.41) is 10.8. The maximum atomic E-state index is 12.8. The van der Waals surface area contributed by atoms with Crippen molar-refractivity contribution in [2.24, 2.45) is 0 Å². The minimum absolute atomic E-state index is 0.103. The third kappa shape index (κ3) is 4.01. The van der Waals surface area contributed by atoms with Crippen molar-refractivity contribution in [2.45, 2.75) is 63.5 Å². The number of methoxy groups -OCH3 is 1.